The van der Waals surface area contributed by atoms with Gasteiger partial charge < -0.3 is 4.52 Å². The first-order valence-electron chi connectivity index (χ1n) is 1.06. The third-order valence-corrected chi connectivity index (χ3v) is 0.223. The molecule has 0 N–H and O–H groups in total. The van der Waals surface area contributed by atoms with Crippen molar-refractivity contribution in [3.63, 3.8) is 0 Å². The number of hydrogen-bond acceptors (Lipinski definition) is 3. The number of hydrogen-bond donors (Lipinski definition) is 0. The molecule has 1 rings (SSSR count). The van der Waals surface area contributed by atoms with E-state index in [2.05, 4.69) is 27.4 Å². The van der Waals surface area contributed by atoms with Crippen LogP contribution in [-0.4, -0.2) is 10.1 Å². The molecule has 1 aromatic rings. The molecule has 0 aliphatic rings. The van der Waals surface area contributed by atoms with Crippen molar-refractivity contribution in [3.05, 3.63) is 12.7 Å². The van der Waals surface area contributed by atoms with E-state index in [-0.39, 0.29) is 0 Å². The van der Waals surface area contributed by atoms with Gasteiger partial charge in [0, 0.05) is 0 Å². The summed E-state index contributed by atoms with van der Waals surface area (Å²) in [4.78, 5) is 3.19. The van der Waals surface area contributed by atoms with Gasteiger partial charge >= 0.3 is 6.39 Å². The van der Waals surface area contributed by atoms with Crippen molar-refractivity contribution in [2.75, 3.05) is 0 Å². The minimum absolute atomic E-state index is 2.07. The molecule has 2 radical (unpaired) electrons. The van der Waals surface area contributed by atoms with Gasteiger partial charge in [-0.2, -0.15) is 4.98 Å². The van der Waals surface area contributed by atoms with E-state index >= 15 is 0 Å². The van der Waals surface area contributed by atoms with E-state index in [1.165, 1.54) is 0 Å². The minimum Gasteiger partial charge on any atom is -0.328 e. The fourth-order valence-electron chi connectivity index (χ4n) is 0.102. The lowest BCUT2D eigenvalue weighted by atomic mass is 11.3. The zero-order valence-electron chi connectivity index (χ0n) is 2.30. The molecule has 0 fully saturated rings. The molecule has 3 nitrogen and oxygen atoms in total. The molecule has 1 heterocycles. The Bertz CT molecular complexity index is 64.1. The molecule has 0 saturated carbocycles. The summed E-state index contributed by atoms with van der Waals surface area (Å²) in [5.41, 5.74) is 0. The molecule has 3 heteroatoms. The average Bonchev–Trinajstić information content (AvgIpc) is 1.76. The highest BCUT2D eigenvalue weighted by Gasteiger charge is 1.66. The number of aromatic nitrogens is 2. The topological polar surface area (TPSA) is 38.9 Å². The minimum atomic E-state index is 2.07. The molecular formula is C2N2O. The first-order valence-corrected chi connectivity index (χ1v) is 1.06. The van der Waals surface area contributed by atoms with E-state index in [1.54, 1.807) is 0 Å². The Morgan fingerprint density at radius 2 is 2.60 bits per heavy atom. The van der Waals surface area contributed by atoms with E-state index in [9.17, 15) is 0 Å². The van der Waals surface area contributed by atoms with E-state index in [0.717, 1.165) is 0 Å². The summed E-state index contributed by atoms with van der Waals surface area (Å²) in [6.07, 6.45) is 4.21. The Morgan fingerprint density at radius 3 is 2.80 bits per heavy atom. The molecule has 24 valence electrons. The normalized spacial score (nSPS) is 8.00. The van der Waals surface area contributed by atoms with Crippen LogP contribution in [0.25, 0.3) is 0 Å². The third-order valence-electron chi connectivity index (χ3n) is 0.223. The van der Waals surface area contributed by atoms with Crippen molar-refractivity contribution >= 4 is 0 Å². The van der Waals surface area contributed by atoms with Crippen molar-refractivity contribution in [3.8, 4) is 0 Å². The van der Waals surface area contributed by atoms with E-state index in [1.807, 2.05) is 0 Å². The fraction of sp³-hybridized carbons (Fsp3) is 0. The van der Waals surface area contributed by atoms with Crippen LogP contribution in [0, 0.1) is 12.7 Å². The second-order valence-corrected chi connectivity index (χ2v) is 0.486. The molecular weight excluding hydrogens is 68.0 g/mol. The maximum absolute atomic E-state index is 4.04. The average molecular weight is 68.0 g/mol. The highest BCUT2D eigenvalue weighted by atomic mass is 16.5. The van der Waals surface area contributed by atoms with Crippen molar-refractivity contribution in [2.45, 2.75) is 0 Å². The largest absolute Gasteiger partial charge is 0.328 e. The quantitative estimate of drug-likeness (QED) is 0.418. The highest BCUT2D eigenvalue weighted by Crippen LogP contribution is 1.59. The second kappa shape index (κ2) is 0.839. The van der Waals surface area contributed by atoms with E-state index in [4.69, 9.17) is 0 Å². The Kier molecular flexibility index (Phi) is 0.400. The van der Waals surface area contributed by atoms with Crippen LogP contribution in [0.5, 0.6) is 0 Å². The zero-order chi connectivity index (χ0) is 3.54. The van der Waals surface area contributed by atoms with Crippen LogP contribution in [0.4, 0.5) is 0 Å². The van der Waals surface area contributed by atoms with Gasteiger partial charge in [-0.1, -0.05) is 5.16 Å². The SMILES string of the molecule is [c]1n[c]on1. The lowest BCUT2D eigenvalue weighted by Crippen LogP contribution is -1.46. The predicted octanol–water partition coefficient (Wildman–Crippen LogP) is -0.330. The molecule has 1 aromatic heterocycles. The molecule has 0 bridgehead atoms. The third kappa shape index (κ3) is 0.238. The van der Waals surface area contributed by atoms with Crippen LogP contribution in [0.2, 0.25) is 0 Å². The number of rotatable bonds is 0. The Morgan fingerprint density at radius 1 is 1.60 bits per heavy atom. The van der Waals surface area contributed by atoms with Gasteiger partial charge in [-0.25, -0.2) is 0 Å². The second-order valence-electron chi connectivity index (χ2n) is 0.486. The van der Waals surface area contributed by atoms with Gasteiger partial charge in [0.2, 0.25) is 6.33 Å². The Balaban J connectivity index is 3.13. The molecule has 0 amide bonds. The van der Waals surface area contributed by atoms with Crippen molar-refractivity contribution in [1.82, 2.24) is 10.1 Å². The van der Waals surface area contributed by atoms with Gasteiger partial charge in [-0.05, 0) is 0 Å². The van der Waals surface area contributed by atoms with Crippen LogP contribution in [0.1, 0.15) is 0 Å². The smallest absolute Gasteiger partial charge is 0.316 e. The summed E-state index contributed by atoms with van der Waals surface area (Å²) in [5.74, 6) is 0. The highest BCUT2D eigenvalue weighted by molar-refractivity contribution is 4.28. The number of nitrogens with zero attached hydrogens (tertiary/aromatic N) is 2. The van der Waals surface area contributed by atoms with Crippen LogP contribution in [0.15, 0.2) is 4.52 Å². The van der Waals surface area contributed by atoms with Crippen LogP contribution in [-0.2, 0) is 0 Å². The van der Waals surface area contributed by atoms with Crippen molar-refractivity contribution in [1.29, 1.82) is 0 Å². The first-order chi connectivity index (χ1) is 2.50. The summed E-state index contributed by atoms with van der Waals surface area (Å²) in [7, 11) is 0. The molecule has 0 atom stereocenters. The molecule has 0 unspecified atom stereocenters. The van der Waals surface area contributed by atoms with Crippen molar-refractivity contribution < 1.29 is 4.52 Å². The predicted molar refractivity (Wildman–Crippen MR) is 12.0 cm³/mol. The fourth-order valence-corrected chi connectivity index (χ4v) is 0.102. The Labute approximate surface area is 28.6 Å². The molecule has 0 aromatic carbocycles. The van der Waals surface area contributed by atoms with Gasteiger partial charge in [-0.3, -0.25) is 0 Å². The molecule has 0 saturated heterocycles. The zero-order valence-corrected chi connectivity index (χ0v) is 2.30. The summed E-state index contributed by atoms with van der Waals surface area (Å²) in [6, 6.07) is 0. The molecule has 0 aliphatic heterocycles. The molecule has 0 aliphatic carbocycles. The van der Waals surface area contributed by atoms with Gasteiger partial charge in [0.25, 0.3) is 0 Å². The maximum atomic E-state index is 4.04. The van der Waals surface area contributed by atoms with Crippen LogP contribution < -0.4 is 0 Å². The molecule has 5 heavy (non-hydrogen) atoms. The monoisotopic (exact) mass is 68.0 g/mol. The van der Waals surface area contributed by atoms with Gasteiger partial charge in [0.1, 0.15) is 0 Å². The summed E-state index contributed by atoms with van der Waals surface area (Å²) >= 11 is 0. The summed E-state index contributed by atoms with van der Waals surface area (Å²) < 4.78 is 4.04. The molecule has 0 spiro atoms. The van der Waals surface area contributed by atoms with E-state index in [0.29, 0.717) is 0 Å². The van der Waals surface area contributed by atoms with Crippen LogP contribution >= 0.6 is 0 Å². The van der Waals surface area contributed by atoms with Gasteiger partial charge in [-0.15, -0.1) is 0 Å². The maximum Gasteiger partial charge on any atom is 0.316 e. The van der Waals surface area contributed by atoms with Crippen molar-refractivity contribution in [2.24, 2.45) is 0 Å². The summed E-state index contributed by atoms with van der Waals surface area (Å²) in [6.45, 7) is 0. The van der Waals surface area contributed by atoms with Gasteiger partial charge in [0.15, 0.2) is 0 Å². The lowest BCUT2D eigenvalue weighted by Gasteiger charge is -1.41. The Hall–Kier alpha value is -0.860. The van der Waals surface area contributed by atoms with Crippen LogP contribution in [0.3, 0.4) is 0 Å². The summed E-state index contributed by atoms with van der Waals surface area (Å²) in [5, 5.41) is 3.06. The standard InChI is InChI=1S/C2N2O/c1-3-2-5-4-1. The van der Waals surface area contributed by atoms with Gasteiger partial charge in [0.05, 0.1) is 0 Å². The van der Waals surface area contributed by atoms with E-state index < -0.39 is 0 Å². The lowest BCUT2D eigenvalue weighted by molar-refractivity contribution is 0.408. The first kappa shape index (κ1) is 2.38.